The van der Waals surface area contributed by atoms with Crippen LogP contribution in [0.3, 0.4) is 0 Å². The molecule has 5 aromatic rings. The number of pyridine rings is 1. The van der Waals surface area contributed by atoms with Gasteiger partial charge in [-0.1, -0.05) is 24.3 Å². The lowest BCUT2D eigenvalue weighted by atomic mass is 9.59. The van der Waals surface area contributed by atoms with Crippen LogP contribution in [0, 0.1) is 28.4 Å². The molecule has 1 aliphatic carbocycles. The van der Waals surface area contributed by atoms with Gasteiger partial charge in [0, 0.05) is 68.8 Å². The topological polar surface area (TPSA) is 194 Å². The lowest BCUT2D eigenvalue weighted by molar-refractivity contribution is -0.384. The predicted octanol–water partition coefficient (Wildman–Crippen LogP) is 6.86. The van der Waals surface area contributed by atoms with E-state index >= 15 is 0 Å². The molecule has 0 radical (unpaired) electrons. The number of nitro benzene ring substituents is 1. The molecule has 3 N–H and O–H groups in total. The van der Waals surface area contributed by atoms with Crippen LogP contribution in [0.15, 0.2) is 83.9 Å². The molecule has 0 bridgehead atoms. The van der Waals surface area contributed by atoms with Gasteiger partial charge in [-0.05, 0) is 110 Å². The summed E-state index contributed by atoms with van der Waals surface area (Å²) in [6.45, 7) is 8.59. The first kappa shape index (κ1) is 43.8. The number of H-pyrrole nitrogens is 1. The highest BCUT2D eigenvalue weighted by Gasteiger charge is 2.50. The zero-order valence-corrected chi connectivity index (χ0v) is 38.3. The summed E-state index contributed by atoms with van der Waals surface area (Å²) < 4.78 is 54.2. The number of nitro groups is 1. The number of aromatic nitrogens is 2. The minimum Gasteiger partial charge on any atom is -0.468 e. The Hall–Kier alpha value is -5.79. The largest absolute Gasteiger partial charge is 0.468 e. The van der Waals surface area contributed by atoms with E-state index in [0.717, 1.165) is 81.9 Å². The number of piperidine rings is 1. The molecule has 6 aliphatic rings. The summed E-state index contributed by atoms with van der Waals surface area (Å²) in [5, 5.41) is 16.2. The van der Waals surface area contributed by atoms with Crippen LogP contribution in [-0.2, 0) is 24.2 Å². The molecule has 1 spiro atoms. The van der Waals surface area contributed by atoms with E-state index < -0.39 is 37.5 Å². The van der Waals surface area contributed by atoms with Gasteiger partial charge in [-0.15, -0.1) is 0 Å². The fourth-order valence-corrected chi connectivity index (χ4v) is 12.3. The number of hydrogen-bond acceptors (Lipinski definition) is 14. The van der Waals surface area contributed by atoms with Crippen molar-refractivity contribution >= 4 is 55.4 Å². The molecule has 3 aromatic carbocycles. The second kappa shape index (κ2) is 17.7. The third kappa shape index (κ3) is 8.36. The molecule has 2 aromatic heterocycles. The van der Waals surface area contributed by atoms with Crippen LogP contribution >= 0.6 is 0 Å². The molecule has 67 heavy (non-hydrogen) atoms. The molecule has 1 saturated carbocycles. The van der Waals surface area contributed by atoms with Crippen molar-refractivity contribution in [3.05, 3.63) is 106 Å². The quantitative estimate of drug-likeness (QED) is 0.0919. The van der Waals surface area contributed by atoms with Gasteiger partial charge >= 0.3 is 0 Å². The number of morpholine rings is 1. The Kier molecular flexibility index (Phi) is 11.6. The number of sulfonamides is 1. The van der Waals surface area contributed by atoms with Crippen molar-refractivity contribution in [2.45, 2.75) is 74.6 Å². The Balaban J connectivity index is 0.871. The van der Waals surface area contributed by atoms with E-state index in [1.54, 1.807) is 12.3 Å². The van der Waals surface area contributed by atoms with Crippen LogP contribution in [0.2, 0.25) is 0 Å². The van der Waals surface area contributed by atoms with Gasteiger partial charge in [-0.2, -0.15) is 4.98 Å². The van der Waals surface area contributed by atoms with Gasteiger partial charge in [0.2, 0.25) is 5.88 Å². The first-order valence-electron chi connectivity index (χ1n) is 23.5. The highest BCUT2D eigenvalue weighted by atomic mass is 32.2. The van der Waals surface area contributed by atoms with E-state index in [4.69, 9.17) is 23.9 Å². The van der Waals surface area contributed by atoms with E-state index in [2.05, 4.69) is 56.0 Å². The first-order valence-corrected chi connectivity index (χ1v) is 25.0. The van der Waals surface area contributed by atoms with Crippen LogP contribution in [0.4, 0.5) is 28.4 Å². The maximum absolute atomic E-state index is 14.6. The fraction of sp³-hybridized carbons (Fsp3) is 0.469. The van der Waals surface area contributed by atoms with Crippen LogP contribution in [0.1, 0.15) is 66.1 Å². The number of ether oxygens (including phenoxy) is 4. The molecule has 1 amide bonds. The fourth-order valence-electron chi connectivity index (χ4n) is 11.4. The second-order valence-corrected chi connectivity index (χ2v) is 20.8. The number of nitrogens with zero attached hydrogens (tertiary/aromatic N) is 5. The van der Waals surface area contributed by atoms with Crippen molar-refractivity contribution in [3.63, 3.8) is 0 Å². The number of amides is 1. The maximum atomic E-state index is 14.6. The molecule has 3 atom stereocenters. The molecule has 4 saturated heterocycles. The predicted molar refractivity (Wildman–Crippen MR) is 252 cm³/mol. The standard InChI is InChI=1S/C49H56N8O9S/c1-31-4-2-3-5-37(31)43-28-64-21-18-55(43)35-25-49(26-35)13-16-54(17-14-49)34-6-8-38(40(23-34)56-42-22-33-10-15-50-46(33)52-48(42)66-45-30-65-29-44(45)56)47(58)53-67(61,62)36-7-9-39(41(24-36)57(59)60)51-27-32-11-19-63-20-12-32/h2-10,15,22-24,32,35,43-45,51H,11-14,16-21,25-30H2,1H3,(H,50,52)(H,53,58)/t43-,44-,45-/m1/s1. The summed E-state index contributed by atoms with van der Waals surface area (Å²) in [6.07, 6.45) is 7.40. The number of benzene rings is 3. The van der Waals surface area contributed by atoms with Crippen LogP contribution in [0.25, 0.3) is 11.0 Å². The van der Waals surface area contributed by atoms with Gasteiger partial charge < -0.3 is 39.0 Å². The van der Waals surface area contributed by atoms with Crippen molar-refractivity contribution in [2.75, 3.05) is 80.9 Å². The molecule has 352 valence electrons. The SMILES string of the molecule is Cc1ccccc1[C@H]1COCCN1C1CC2(CCN(c3ccc(C(=O)NS(=O)(=O)c4ccc(NCC5CCOCC5)c([N+](=O)[O-])c4)c(N4c5cc6cc[nH]c6nc5O[C@@H]5COC[C@H]54)c3)CC2)C1. The average molecular weight is 933 g/mol. The number of aryl methyl sites for hydroxylation is 1. The molecular formula is C49H56N8O9S. The van der Waals surface area contributed by atoms with Crippen molar-refractivity contribution in [2.24, 2.45) is 11.3 Å². The van der Waals surface area contributed by atoms with Gasteiger partial charge in [0.25, 0.3) is 21.6 Å². The third-order valence-electron chi connectivity index (χ3n) is 15.2. The highest BCUT2D eigenvalue weighted by molar-refractivity contribution is 7.90. The summed E-state index contributed by atoms with van der Waals surface area (Å²) >= 11 is 0. The Morgan fingerprint density at radius 3 is 2.55 bits per heavy atom. The number of aromatic amines is 1. The summed E-state index contributed by atoms with van der Waals surface area (Å²) in [6, 6.07) is 22.1. The molecule has 0 unspecified atom stereocenters. The van der Waals surface area contributed by atoms with Crippen LogP contribution in [-0.4, -0.2) is 118 Å². The van der Waals surface area contributed by atoms with Crippen molar-refractivity contribution < 1.29 is 37.1 Å². The van der Waals surface area contributed by atoms with Gasteiger partial charge in [0.1, 0.15) is 23.1 Å². The summed E-state index contributed by atoms with van der Waals surface area (Å²) in [4.78, 5) is 40.8. The number of carbonyl (C=O) groups is 1. The maximum Gasteiger partial charge on any atom is 0.293 e. The van der Waals surface area contributed by atoms with E-state index in [9.17, 15) is 23.3 Å². The Bertz CT molecular complexity index is 2800. The number of fused-ring (bicyclic) bond motifs is 3. The van der Waals surface area contributed by atoms with E-state index in [-0.39, 0.29) is 34.7 Å². The smallest absolute Gasteiger partial charge is 0.293 e. The van der Waals surface area contributed by atoms with Crippen molar-refractivity contribution in [3.8, 4) is 5.88 Å². The molecule has 17 nitrogen and oxygen atoms in total. The van der Waals surface area contributed by atoms with Crippen LogP contribution < -0.4 is 24.6 Å². The van der Waals surface area contributed by atoms with E-state index in [1.165, 1.54) is 23.3 Å². The Morgan fingerprint density at radius 2 is 1.75 bits per heavy atom. The van der Waals surface area contributed by atoms with Gasteiger partial charge in [0.15, 0.2) is 0 Å². The Morgan fingerprint density at radius 1 is 0.925 bits per heavy atom. The van der Waals surface area contributed by atoms with Gasteiger partial charge in [-0.25, -0.2) is 13.1 Å². The lowest BCUT2D eigenvalue weighted by Gasteiger charge is -2.57. The molecular weight excluding hydrogens is 877 g/mol. The number of hydrogen-bond donors (Lipinski definition) is 3. The molecule has 18 heteroatoms. The zero-order valence-electron chi connectivity index (χ0n) is 37.5. The number of anilines is 4. The third-order valence-corrected chi connectivity index (χ3v) is 16.5. The van der Waals surface area contributed by atoms with E-state index in [0.29, 0.717) is 68.5 Å². The number of carbonyl (C=O) groups excluding carboxylic acids is 1. The van der Waals surface area contributed by atoms with Gasteiger partial charge in [0.05, 0.1) is 59.6 Å². The minimum absolute atomic E-state index is 0.105. The molecule has 11 rings (SSSR count). The first-order chi connectivity index (χ1) is 32.5. The number of nitrogens with one attached hydrogen (secondary N) is 3. The van der Waals surface area contributed by atoms with Crippen molar-refractivity contribution in [1.29, 1.82) is 0 Å². The average Bonchev–Trinajstić information content (AvgIpc) is 4.01. The minimum atomic E-state index is -4.59. The molecule has 5 fully saturated rings. The van der Waals surface area contributed by atoms with Crippen LogP contribution in [0.5, 0.6) is 5.88 Å². The lowest BCUT2D eigenvalue weighted by Crippen LogP contribution is -2.58. The van der Waals surface area contributed by atoms with E-state index in [1.807, 2.05) is 29.2 Å². The summed E-state index contributed by atoms with van der Waals surface area (Å²) in [5.74, 6) is -0.240. The summed E-state index contributed by atoms with van der Waals surface area (Å²) in [7, 11) is -4.59. The normalized spacial score (nSPS) is 23.3. The zero-order chi connectivity index (χ0) is 45.9. The monoisotopic (exact) mass is 932 g/mol. The molecule has 5 aliphatic heterocycles. The Labute approximate surface area is 389 Å². The van der Waals surface area contributed by atoms with Crippen molar-refractivity contribution in [1.82, 2.24) is 19.6 Å². The van der Waals surface area contributed by atoms with Gasteiger partial charge in [-0.3, -0.25) is 19.8 Å². The number of rotatable bonds is 11. The molecule has 7 heterocycles. The summed E-state index contributed by atoms with van der Waals surface area (Å²) in [5.41, 5.74) is 5.46. The highest BCUT2D eigenvalue weighted by Crippen LogP contribution is 2.53. The second-order valence-electron chi connectivity index (χ2n) is 19.1.